The lowest BCUT2D eigenvalue weighted by Gasteiger charge is -2.31. The zero-order valence-corrected chi connectivity index (χ0v) is 24.5. The minimum Gasteiger partial charge on any atom is -0.726 e. The van der Waals surface area contributed by atoms with Crippen LogP contribution in [0.15, 0.2) is 0 Å². The minimum absolute atomic E-state index is 0.0296. The first-order valence-corrected chi connectivity index (χ1v) is 15.6. The molecule has 0 aromatic heterocycles. The number of aliphatic hydroxyl groups excluding tert-OH is 15. The van der Waals surface area contributed by atoms with Crippen LogP contribution in [-0.2, 0) is 25.5 Å². The van der Waals surface area contributed by atoms with Crippen LogP contribution in [0.25, 0.3) is 0 Å². The zero-order chi connectivity index (χ0) is 33.5. The molecule has 19 nitrogen and oxygen atoms in total. The molecule has 1 saturated heterocycles. The van der Waals surface area contributed by atoms with Gasteiger partial charge in [0.1, 0.15) is 84.8 Å². The van der Waals surface area contributed by atoms with E-state index in [1.54, 1.807) is 0 Å². The van der Waals surface area contributed by atoms with Crippen molar-refractivity contribution in [2.24, 2.45) is 0 Å². The highest BCUT2D eigenvalue weighted by molar-refractivity contribution is 7.97. The van der Waals surface area contributed by atoms with E-state index in [1.165, 1.54) is 0 Å². The average Bonchev–Trinajstić information content (AvgIpc) is 3.24. The number of rotatable bonds is 16. The van der Waals surface area contributed by atoms with E-state index in [4.69, 9.17) is 40.9 Å². The zero-order valence-electron chi connectivity index (χ0n) is 22.9. The molecule has 0 saturated carbocycles. The SMILES string of the molecule is CC.O=S(=O)([O-])O[C@@H]([C@H](O)[C@H](O)[C@@H](O)CO)[C@H](O)C[S+]1C[C@@H](O)[C@H](O)[C@H]1CO.OC[C@@H](O)[C@@H](O)C(O)[C@H](O)[C@@H](O)CO. The molecule has 0 aliphatic carbocycles. The van der Waals surface area contributed by atoms with Crippen LogP contribution in [0.5, 0.6) is 0 Å². The second kappa shape index (κ2) is 21.4. The lowest BCUT2D eigenvalue weighted by Crippen LogP contribution is -2.53. The van der Waals surface area contributed by atoms with Gasteiger partial charge in [-0.1, -0.05) is 13.8 Å². The summed E-state index contributed by atoms with van der Waals surface area (Å²) in [5.74, 6) is -0.406. The van der Waals surface area contributed by atoms with Crippen molar-refractivity contribution in [2.45, 2.75) is 92.3 Å². The molecule has 0 aromatic carbocycles. The van der Waals surface area contributed by atoms with E-state index < -0.39 is 126 Å². The minimum atomic E-state index is -5.42. The van der Waals surface area contributed by atoms with E-state index in [2.05, 4.69) is 4.18 Å². The Labute approximate surface area is 245 Å². The predicted octanol–water partition coefficient (Wildman–Crippen LogP) is -9.22. The third kappa shape index (κ3) is 14.2. The summed E-state index contributed by atoms with van der Waals surface area (Å²) in [7, 11) is -6.45. The number of aliphatic hydroxyl groups is 15. The van der Waals surface area contributed by atoms with Crippen molar-refractivity contribution in [3.05, 3.63) is 0 Å². The van der Waals surface area contributed by atoms with Crippen LogP contribution in [0.4, 0.5) is 0 Å². The molecule has 21 heteroatoms. The Morgan fingerprint density at radius 3 is 1.43 bits per heavy atom. The molecule has 0 spiro atoms. The summed E-state index contributed by atoms with van der Waals surface area (Å²) >= 11 is 0. The summed E-state index contributed by atoms with van der Waals surface area (Å²) in [4.78, 5) is 0. The maximum atomic E-state index is 10.9. The van der Waals surface area contributed by atoms with Crippen LogP contribution in [0, 0.1) is 0 Å². The van der Waals surface area contributed by atoms with Gasteiger partial charge in [0.05, 0.1) is 26.4 Å². The van der Waals surface area contributed by atoms with E-state index in [-0.39, 0.29) is 11.5 Å². The van der Waals surface area contributed by atoms with Crippen molar-refractivity contribution >= 4 is 21.3 Å². The van der Waals surface area contributed by atoms with Gasteiger partial charge in [0.2, 0.25) is 10.4 Å². The Balaban J connectivity index is 0. The molecule has 0 radical (unpaired) electrons. The standard InChI is InChI=1S/C12H24O12S2.C7H16O7.C2H6/c13-1-5(15)10(19)11(20)12(24-26(21,22)23)7(17)4-25-3-6(16)9(18)8(25)2-14;8-1-3(10)5(12)7(14)6(13)4(11)2-9;1-2/h5-20H,1-4H2;3-14H,1-2H2;1-2H3/t5-,6+,7+,8+,9-,10+,11+,12+,25?;3-,4+,5-,6-,7?;/m01./s1. The first kappa shape index (κ1) is 43.7. The van der Waals surface area contributed by atoms with Gasteiger partial charge in [0, 0.05) is 10.9 Å². The molecule has 14 atom stereocenters. The summed E-state index contributed by atoms with van der Waals surface area (Å²) < 4.78 is 36.7. The maximum absolute atomic E-state index is 10.9. The van der Waals surface area contributed by atoms with E-state index in [1.807, 2.05) is 13.8 Å². The van der Waals surface area contributed by atoms with Crippen LogP contribution in [-0.4, -0.2) is 206 Å². The number of hydrogen-bond donors (Lipinski definition) is 15. The van der Waals surface area contributed by atoms with Gasteiger partial charge in [0.15, 0.2) is 5.25 Å². The highest BCUT2D eigenvalue weighted by atomic mass is 32.3. The highest BCUT2D eigenvalue weighted by Crippen LogP contribution is 2.26. The van der Waals surface area contributed by atoms with Gasteiger partial charge in [-0.15, -0.1) is 0 Å². The van der Waals surface area contributed by atoms with Gasteiger partial charge >= 0.3 is 0 Å². The lowest BCUT2D eigenvalue weighted by molar-refractivity contribution is -0.145. The molecule has 1 aliphatic heterocycles. The van der Waals surface area contributed by atoms with Gasteiger partial charge in [-0.2, -0.15) is 0 Å². The first-order valence-electron chi connectivity index (χ1n) is 12.6. The van der Waals surface area contributed by atoms with Crippen molar-refractivity contribution in [3.63, 3.8) is 0 Å². The monoisotopic (exact) mass is 666 g/mol. The summed E-state index contributed by atoms with van der Waals surface area (Å²) in [6.07, 6.45) is -21.5. The van der Waals surface area contributed by atoms with E-state index >= 15 is 0 Å². The van der Waals surface area contributed by atoms with Crippen molar-refractivity contribution in [2.75, 3.05) is 37.9 Å². The fourth-order valence-corrected chi connectivity index (χ4v) is 6.69. The lowest BCUT2D eigenvalue weighted by atomic mass is 10.00. The smallest absolute Gasteiger partial charge is 0.218 e. The molecule has 0 aromatic rings. The molecule has 0 bridgehead atoms. The van der Waals surface area contributed by atoms with E-state index in [0.717, 1.165) is 0 Å². The van der Waals surface area contributed by atoms with Crippen LogP contribution in [0.2, 0.25) is 0 Å². The molecule has 256 valence electrons. The molecule has 1 aliphatic rings. The molecular formula is C21H46O19S2. The Kier molecular flexibility index (Phi) is 22.3. The molecule has 42 heavy (non-hydrogen) atoms. The quantitative estimate of drug-likeness (QED) is 0.0413. The fourth-order valence-electron chi connectivity index (χ4n) is 3.49. The second-order valence-electron chi connectivity index (χ2n) is 8.89. The summed E-state index contributed by atoms with van der Waals surface area (Å²) in [5.41, 5.74) is 0. The molecule has 0 amide bonds. The Hall–Kier alpha value is -0.380. The largest absolute Gasteiger partial charge is 0.726 e. The van der Waals surface area contributed by atoms with Crippen LogP contribution in [0.3, 0.4) is 0 Å². The van der Waals surface area contributed by atoms with Gasteiger partial charge in [-0.3, -0.25) is 4.18 Å². The molecule has 1 fully saturated rings. The van der Waals surface area contributed by atoms with E-state index in [0.29, 0.717) is 0 Å². The van der Waals surface area contributed by atoms with Crippen molar-refractivity contribution < 1.29 is 93.8 Å². The van der Waals surface area contributed by atoms with Crippen LogP contribution >= 0.6 is 0 Å². The summed E-state index contributed by atoms with van der Waals surface area (Å²) in [5, 5.41) is 138. The third-order valence-electron chi connectivity index (χ3n) is 5.89. The average molecular weight is 667 g/mol. The van der Waals surface area contributed by atoms with Gasteiger partial charge in [-0.05, 0) is 0 Å². The number of hydrogen-bond acceptors (Lipinski definition) is 19. The van der Waals surface area contributed by atoms with Gasteiger partial charge in [0.25, 0.3) is 0 Å². The molecule has 1 rings (SSSR count). The predicted molar refractivity (Wildman–Crippen MR) is 141 cm³/mol. The van der Waals surface area contributed by atoms with Crippen molar-refractivity contribution in [3.8, 4) is 0 Å². The molecular weight excluding hydrogens is 620 g/mol. The highest BCUT2D eigenvalue weighted by Gasteiger charge is 2.51. The second-order valence-corrected chi connectivity index (χ2v) is 12.2. The topological polar surface area (TPSA) is 370 Å². The van der Waals surface area contributed by atoms with Crippen molar-refractivity contribution in [1.29, 1.82) is 0 Å². The Morgan fingerprint density at radius 1 is 0.714 bits per heavy atom. The summed E-state index contributed by atoms with van der Waals surface area (Å²) in [6, 6.07) is 0. The van der Waals surface area contributed by atoms with Gasteiger partial charge in [-0.25, -0.2) is 8.42 Å². The van der Waals surface area contributed by atoms with Gasteiger partial charge < -0.3 is 81.2 Å². The van der Waals surface area contributed by atoms with Crippen molar-refractivity contribution in [1.82, 2.24) is 0 Å². The van der Waals surface area contributed by atoms with Crippen LogP contribution in [0.1, 0.15) is 13.8 Å². The molecule has 15 N–H and O–H groups in total. The molecule has 1 heterocycles. The summed E-state index contributed by atoms with van der Waals surface area (Å²) in [6.45, 7) is 0.884. The van der Waals surface area contributed by atoms with Crippen LogP contribution < -0.4 is 0 Å². The normalized spacial score (nSPS) is 28.0. The Bertz CT molecular complexity index is 778. The fraction of sp³-hybridized carbons (Fsp3) is 1.00. The first-order chi connectivity index (χ1) is 19.4. The Morgan fingerprint density at radius 2 is 1.10 bits per heavy atom. The van der Waals surface area contributed by atoms with E-state index in [9.17, 15) is 48.7 Å². The third-order valence-corrected chi connectivity index (χ3v) is 9.17. The molecule has 2 unspecified atom stereocenters. The maximum Gasteiger partial charge on any atom is 0.218 e.